The van der Waals surface area contributed by atoms with Gasteiger partial charge in [0.15, 0.2) is 5.78 Å². The molecule has 0 aliphatic carbocycles. The summed E-state index contributed by atoms with van der Waals surface area (Å²) in [4.78, 5) is 25.8. The number of benzene rings is 2. The topological polar surface area (TPSA) is 49.4 Å². The van der Waals surface area contributed by atoms with E-state index in [2.05, 4.69) is 35.3 Å². The Bertz CT molecular complexity index is 781. The van der Waals surface area contributed by atoms with Crippen LogP contribution in [0.15, 0.2) is 42.5 Å². The molecule has 1 aliphatic rings. The Morgan fingerprint density at radius 3 is 2.60 bits per heavy atom. The van der Waals surface area contributed by atoms with Gasteiger partial charge in [-0.05, 0) is 62.6 Å². The maximum absolute atomic E-state index is 12.2. The van der Waals surface area contributed by atoms with Crippen molar-refractivity contribution in [3.05, 3.63) is 59.2 Å². The normalized spacial score (nSPS) is 13.3. The summed E-state index contributed by atoms with van der Waals surface area (Å²) in [7, 11) is 0. The molecule has 2 aromatic rings. The molecule has 0 radical (unpaired) electrons. The van der Waals surface area contributed by atoms with E-state index in [4.69, 9.17) is 0 Å². The van der Waals surface area contributed by atoms with Gasteiger partial charge in [-0.3, -0.25) is 9.59 Å². The van der Waals surface area contributed by atoms with Crippen LogP contribution < -0.4 is 10.2 Å². The van der Waals surface area contributed by atoms with Crippen LogP contribution in [0.5, 0.6) is 0 Å². The van der Waals surface area contributed by atoms with Crippen LogP contribution in [-0.2, 0) is 11.2 Å². The fourth-order valence-corrected chi connectivity index (χ4v) is 3.28. The molecule has 25 heavy (non-hydrogen) atoms. The minimum atomic E-state index is -0.00481. The van der Waals surface area contributed by atoms with Gasteiger partial charge in [0.2, 0.25) is 5.91 Å². The highest BCUT2D eigenvalue weighted by atomic mass is 16.1. The first-order valence-corrected chi connectivity index (χ1v) is 8.78. The average Bonchev–Trinajstić information content (AvgIpc) is 2.60. The third-order valence-corrected chi connectivity index (χ3v) is 4.63. The number of carbonyl (C=O) groups is 2. The molecule has 0 spiro atoms. The molecule has 1 aliphatic heterocycles. The SMILES string of the molecule is CC(=O)c1ccc(NC(=O)CCN2CCCc3cc(C)ccc32)cc1. The number of ketones is 1. The lowest BCUT2D eigenvalue weighted by molar-refractivity contribution is -0.116. The molecule has 1 N–H and O–H groups in total. The number of amides is 1. The molecular weight excluding hydrogens is 312 g/mol. The van der Waals surface area contributed by atoms with Gasteiger partial charge in [-0.15, -0.1) is 0 Å². The van der Waals surface area contributed by atoms with E-state index in [1.54, 1.807) is 24.3 Å². The van der Waals surface area contributed by atoms with Gasteiger partial charge in [0.1, 0.15) is 0 Å². The molecule has 0 saturated carbocycles. The Balaban J connectivity index is 1.57. The second-order valence-corrected chi connectivity index (χ2v) is 6.65. The molecule has 0 unspecified atom stereocenters. The lowest BCUT2D eigenvalue weighted by Gasteiger charge is -2.31. The van der Waals surface area contributed by atoms with Gasteiger partial charge >= 0.3 is 0 Å². The Hall–Kier alpha value is -2.62. The molecule has 130 valence electrons. The fourth-order valence-electron chi connectivity index (χ4n) is 3.28. The zero-order valence-corrected chi connectivity index (χ0v) is 14.8. The van der Waals surface area contributed by atoms with E-state index in [-0.39, 0.29) is 11.7 Å². The molecule has 0 fully saturated rings. The van der Waals surface area contributed by atoms with Gasteiger partial charge in [0.25, 0.3) is 0 Å². The van der Waals surface area contributed by atoms with E-state index >= 15 is 0 Å². The van der Waals surface area contributed by atoms with Crippen LogP contribution in [0, 0.1) is 6.92 Å². The number of anilines is 2. The molecule has 2 aromatic carbocycles. The minimum Gasteiger partial charge on any atom is -0.371 e. The third kappa shape index (κ3) is 4.27. The fraction of sp³-hybridized carbons (Fsp3) is 0.333. The molecule has 0 saturated heterocycles. The van der Waals surface area contributed by atoms with Gasteiger partial charge in [0, 0.05) is 36.4 Å². The van der Waals surface area contributed by atoms with Crippen molar-refractivity contribution in [3.8, 4) is 0 Å². The van der Waals surface area contributed by atoms with Gasteiger partial charge < -0.3 is 10.2 Å². The van der Waals surface area contributed by atoms with Gasteiger partial charge in [-0.1, -0.05) is 17.7 Å². The monoisotopic (exact) mass is 336 g/mol. The molecule has 4 heteroatoms. The van der Waals surface area contributed by atoms with Crippen LogP contribution >= 0.6 is 0 Å². The molecule has 0 aromatic heterocycles. The van der Waals surface area contributed by atoms with Crippen LogP contribution in [-0.4, -0.2) is 24.8 Å². The van der Waals surface area contributed by atoms with Crippen molar-refractivity contribution in [2.75, 3.05) is 23.3 Å². The molecule has 3 rings (SSSR count). The lowest BCUT2D eigenvalue weighted by atomic mass is 9.99. The van der Waals surface area contributed by atoms with Crippen LogP contribution in [0.2, 0.25) is 0 Å². The Morgan fingerprint density at radius 2 is 1.88 bits per heavy atom. The van der Waals surface area contributed by atoms with Crippen LogP contribution in [0.1, 0.15) is 41.3 Å². The number of rotatable bonds is 5. The molecular formula is C21H24N2O2. The second kappa shape index (κ2) is 7.51. The smallest absolute Gasteiger partial charge is 0.226 e. The van der Waals surface area contributed by atoms with Crippen molar-refractivity contribution < 1.29 is 9.59 Å². The summed E-state index contributed by atoms with van der Waals surface area (Å²) in [6.45, 7) is 5.36. The summed E-state index contributed by atoms with van der Waals surface area (Å²) >= 11 is 0. The highest BCUT2D eigenvalue weighted by Crippen LogP contribution is 2.28. The zero-order valence-electron chi connectivity index (χ0n) is 14.8. The number of nitrogens with one attached hydrogen (secondary N) is 1. The first-order valence-electron chi connectivity index (χ1n) is 8.78. The van der Waals surface area contributed by atoms with E-state index in [1.807, 2.05) is 0 Å². The largest absolute Gasteiger partial charge is 0.371 e. The Morgan fingerprint density at radius 1 is 1.12 bits per heavy atom. The Labute approximate surface area is 148 Å². The lowest BCUT2D eigenvalue weighted by Crippen LogP contribution is -2.32. The number of aryl methyl sites for hydroxylation is 2. The van der Waals surface area contributed by atoms with E-state index in [9.17, 15) is 9.59 Å². The van der Waals surface area contributed by atoms with Crippen molar-refractivity contribution >= 4 is 23.1 Å². The highest BCUT2D eigenvalue weighted by Gasteiger charge is 2.17. The maximum atomic E-state index is 12.2. The number of hydrogen-bond donors (Lipinski definition) is 1. The van der Waals surface area contributed by atoms with E-state index in [1.165, 1.54) is 23.7 Å². The van der Waals surface area contributed by atoms with Crippen molar-refractivity contribution in [3.63, 3.8) is 0 Å². The van der Waals surface area contributed by atoms with Crippen molar-refractivity contribution in [1.82, 2.24) is 0 Å². The van der Waals surface area contributed by atoms with Crippen LogP contribution in [0.3, 0.4) is 0 Å². The quantitative estimate of drug-likeness (QED) is 0.840. The molecule has 1 heterocycles. The maximum Gasteiger partial charge on any atom is 0.226 e. The van der Waals surface area contributed by atoms with Gasteiger partial charge in [-0.2, -0.15) is 0 Å². The highest BCUT2D eigenvalue weighted by molar-refractivity contribution is 5.95. The summed E-state index contributed by atoms with van der Waals surface area (Å²) in [6, 6.07) is 13.6. The average molecular weight is 336 g/mol. The first-order chi connectivity index (χ1) is 12.0. The molecule has 0 atom stereocenters. The summed E-state index contributed by atoms with van der Waals surface area (Å²) in [5.41, 5.74) is 5.30. The van der Waals surface area contributed by atoms with Crippen LogP contribution in [0.25, 0.3) is 0 Å². The van der Waals surface area contributed by atoms with Gasteiger partial charge in [0.05, 0.1) is 0 Å². The number of fused-ring (bicyclic) bond motifs is 1. The van der Waals surface area contributed by atoms with Crippen LogP contribution in [0.4, 0.5) is 11.4 Å². The second-order valence-electron chi connectivity index (χ2n) is 6.65. The standard InChI is InChI=1S/C21H24N2O2/c1-15-5-10-20-18(14-15)4-3-12-23(20)13-11-21(25)22-19-8-6-17(7-9-19)16(2)24/h5-10,14H,3-4,11-13H2,1-2H3,(H,22,25). The molecule has 4 nitrogen and oxygen atoms in total. The van der Waals surface area contributed by atoms with E-state index in [0.29, 0.717) is 18.5 Å². The predicted molar refractivity (Wildman–Crippen MR) is 101 cm³/mol. The minimum absolute atomic E-state index is 0.00481. The number of nitrogens with zero attached hydrogens (tertiary/aromatic N) is 1. The number of Topliss-reactive ketones (excluding diaryl/α,β-unsaturated/α-hetero) is 1. The summed E-state index contributed by atoms with van der Waals surface area (Å²) in [5, 5.41) is 2.90. The van der Waals surface area contributed by atoms with Crippen molar-refractivity contribution in [1.29, 1.82) is 0 Å². The summed E-state index contributed by atoms with van der Waals surface area (Å²) in [6.07, 6.45) is 2.69. The van der Waals surface area contributed by atoms with Crippen molar-refractivity contribution in [2.24, 2.45) is 0 Å². The summed E-state index contributed by atoms with van der Waals surface area (Å²) < 4.78 is 0. The first kappa shape index (κ1) is 17.2. The summed E-state index contributed by atoms with van der Waals surface area (Å²) in [5.74, 6) is 0.0201. The Kier molecular flexibility index (Phi) is 5.17. The predicted octanol–water partition coefficient (Wildman–Crippen LogP) is 3.98. The third-order valence-electron chi connectivity index (χ3n) is 4.63. The molecule has 1 amide bonds. The number of hydrogen-bond acceptors (Lipinski definition) is 3. The number of carbonyl (C=O) groups excluding carboxylic acids is 2. The van der Waals surface area contributed by atoms with E-state index < -0.39 is 0 Å². The van der Waals surface area contributed by atoms with Gasteiger partial charge in [-0.25, -0.2) is 0 Å². The van der Waals surface area contributed by atoms with E-state index in [0.717, 1.165) is 25.1 Å². The zero-order chi connectivity index (χ0) is 17.8. The molecule has 0 bridgehead atoms. The van der Waals surface area contributed by atoms with Crippen molar-refractivity contribution in [2.45, 2.75) is 33.1 Å².